The summed E-state index contributed by atoms with van der Waals surface area (Å²) in [5.41, 5.74) is 0.716. The molecular formula is C18H22N4O5. The zero-order valence-corrected chi connectivity index (χ0v) is 14.8. The Labute approximate surface area is 156 Å². The molecule has 1 aromatic rings. The van der Waals surface area contributed by atoms with Crippen LogP contribution in [0.1, 0.15) is 12.8 Å². The molecule has 2 aliphatic heterocycles. The first-order valence-corrected chi connectivity index (χ1v) is 8.90. The number of ether oxygens (including phenoxy) is 1. The lowest BCUT2D eigenvalue weighted by Crippen LogP contribution is -2.43. The molecule has 0 spiro atoms. The molecule has 2 N–H and O–H groups in total. The van der Waals surface area contributed by atoms with E-state index in [1.165, 1.54) is 0 Å². The number of piperidine rings is 1. The third kappa shape index (κ3) is 4.75. The number of carbonyl (C=O) groups is 4. The second-order valence-electron chi connectivity index (χ2n) is 6.44. The Morgan fingerprint density at radius 2 is 1.81 bits per heavy atom. The molecule has 0 radical (unpaired) electrons. The lowest BCUT2D eigenvalue weighted by molar-refractivity contribution is -0.155. The minimum Gasteiger partial charge on any atom is -0.455 e. The Balaban J connectivity index is 1.40. The average molecular weight is 374 g/mol. The molecule has 27 heavy (non-hydrogen) atoms. The van der Waals surface area contributed by atoms with E-state index >= 15 is 0 Å². The van der Waals surface area contributed by atoms with Crippen LogP contribution in [0, 0.1) is 5.92 Å². The zero-order chi connectivity index (χ0) is 19.2. The van der Waals surface area contributed by atoms with Gasteiger partial charge in [0, 0.05) is 31.9 Å². The largest absolute Gasteiger partial charge is 0.455 e. The van der Waals surface area contributed by atoms with Crippen molar-refractivity contribution >= 4 is 29.6 Å². The molecule has 0 aliphatic carbocycles. The van der Waals surface area contributed by atoms with Crippen molar-refractivity contribution in [3.05, 3.63) is 30.3 Å². The fourth-order valence-corrected chi connectivity index (χ4v) is 3.08. The van der Waals surface area contributed by atoms with Crippen molar-refractivity contribution in [2.24, 2.45) is 5.92 Å². The molecule has 0 saturated carbocycles. The van der Waals surface area contributed by atoms with E-state index in [1.807, 2.05) is 18.2 Å². The Hall–Kier alpha value is -3.10. The second kappa shape index (κ2) is 8.52. The van der Waals surface area contributed by atoms with Crippen molar-refractivity contribution in [2.45, 2.75) is 12.8 Å². The maximum atomic E-state index is 12.2. The Morgan fingerprint density at radius 3 is 2.44 bits per heavy atom. The summed E-state index contributed by atoms with van der Waals surface area (Å²) in [7, 11) is 0. The SMILES string of the molecule is O=C(OCC(=O)N1CCNC1=O)C1CCN(C(=O)Nc2ccccc2)CC1. The third-order valence-corrected chi connectivity index (χ3v) is 4.64. The van der Waals surface area contributed by atoms with Gasteiger partial charge >= 0.3 is 18.0 Å². The molecule has 1 aromatic carbocycles. The fraction of sp³-hybridized carbons (Fsp3) is 0.444. The first-order chi connectivity index (χ1) is 13.0. The molecule has 2 heterocycles. The van der Waals surface area contributed by atoms with E-state index < -0.39 is 24.5 Å². The topological polar surface area (TPSA) is 108 Å². The van der Waals surface area contributed by atoms with Crippen molar-refractivity contribution in [1.29, 1.82) is 0 Å². The van der Waals surface area contributed by atoms with Crippen molar-refractivity contribution < 1.29 is 23.9 Å². The summed E-state index contributed by atoms with van der Waals surface area (Å²) < 4.78 is 5.07. The molecule has 0 aromatic heterocycles. The normalized spacial score (nSPS) is 17.4. The van der Waals surface area contributed by atoms with Gasteiger partial charge in [0.05, 0.1) is 5.92 Å². The van der Waals surface area contributed by atoms with E-state index in [0.717, 1.165) is 4.90 Å². The van der Waals surface area contributed by atoms with Crippen molar-refractivity contribution in [1.82, 2.24) is 15.1 Å². The predicted octanol–water partition coefficient (Wildman–Crippen LogP) is 1.03. The minimum absolute atomic E-state index is 0.205. The van der Waals surface area contributed by atoms with Crippen LogP contribution in [-0.2, 0) is 14.3 Å². The standard InChI is InChI=1S/C18H22N4O5/c23-15(22-11-8-19-17(22)25)12-27-16(24)13-6-9-21(10-7-13)18(26)20-14-4-2-1-3-5-14/h1-5,13H,6-12H2,(H,19,25)(H,20,26). The number of carbonyl (C=O) groups excluding carboxylic acids is 4. The number of amides is 5. The number of hydrogen-bond acceptors (Lipinski definition) is 5. The molecule has 0 unspecified atom stereocenters. The van der Waals surface area contributed by atoms with Gasteiger partial charge in [0.25, 0.3) is 5.91 Å². The molecule has 0 bridgehead atoms. The van der Waals surface area contributed by atoms with Gasteiger partial charge in [0.1, 0.15) is 0 Å². The minimum atomic E-state index is -0.530. The monoisotopic (exact) mass is 374 g/mol. The lowest BCUT2D eigenvalue weighted by atomic mass is 9.97. The van der Waals surface area contributed by atoms with Gasteiger partial charge in [-0.25, -0.2) is 9.59 Å². The van der Waals surface area contributed by atoms with Gasteiger partial charge in [-0.05, 0) is 25.0 Å². The van der Waals surface area contributed by atoms with Crippen LogP contribution in [-0.4, -0.2) is 66.5 Å². The summed E-state index contributed by atoms with van der Waals surface area (Å²) in [5, 5.41) is 5.33. The van der Waals surface area contributed by atoms with Gasteiger partial charge in [0.15, 0.2) is 6.61 Å². The van der Waals surface area contributed by atoms with Crippen LogP contribution < -0.4 is 10.6 Å². The number of nitrogens with one attached hydrogen (secondary N) is 2. The number of rotatable bonds is 4. The van der Waals surface area contributed by atoms with Gasteiger partial charge in [-0.1, -0.05) is 18.2 Å². The van der Waals surface area contributed by atoms with E-state index in [1.54, 1.807) is 17.0 Å². The third-order valence-electron chi connectivity index (χ3n) is 4.64. The molecule has 2 saturated heterocycles. The number of likely N-dealkylation sites (tertiary alicyclic amines) is 1. The molecule has 0 atom stereocenters. The first-order valence-electron chi connectivity index (χ1n) is 8.90. The number of imide groups is 1. The van der Waals surface area contributed by atoms with Crippen LogP contribution in [0.5, 0.6) is 0 Å². The van der Waals surface area contributed by atoms with Crippen LogP contribution in [0.4, 0.5) is 15.3 Å². The molecule has 9 heteroatoms. The van der Waals surface area contributed by atoms with E-state index in [0.29, 0.717) is 38.2 Å². The number of benzene rings is 1. The van der Waals surface area contributed by atoms with E-state index in [9.17, 15) is 19.2 Å². The van der Waals surface area contributed by atoms with Gasteiger partial charge in [0.2, 0.25) is 0 Å². The number of urea groups is 2. The van der Waals surface area contributed by atoms with Crippen molar-refractivity contribution in [3.63, 3.8) is 0 Å². The Bertz CT molecular complexity index is 716. The fourth-order valence-electron chi connectivity index (χ4n) is 3.08. The van der Waals surface area contributed by atoms with Gasteiger partial charge in [-0.15, -0.1) is 0 Å². The summed E-state index contributed by atoms with van der Waals surface area (Å²) in [6.45, 7) is 1.11. The van der Waals surface area contributed by atoms with Crippen molar-refractivity contribution in [3.8, 4) is 0 Å². The van der Waals surface area contributed by atoms with E-state index in [4.69, 9.17) is 4.74 Å². The van der Waals surface area contributed by atoms with Gasteiger partial charge in [-0.2, -0.15) is 0 Å². The van der Waals surface area contributed by atoms with Gasteiger partial charge < -0.3 is 20.3 Å². The number of hydrogen-bond donors (Lipinski definition) is 2. The lowest BCUT2D eigenvalue weighted by Gasteiger charge is -2.31. The van der Waals surface area contributed by atoms with Crippen LogP contribution in [0.3, 0.4) is 0 Å². The van der Waals surface area contributed by atoms with Crippen LogP contribution in [0.25, 0.3) is 0 Å². The highest BCUT2D eigenvalue weighted by molar-refractivity contribution is 5.97. The Kier molecular flexibility index (Phi) is 5.90. The number of esters is 1. The summed E-state index contributed by atoms with van der Waals surface area (Å²) in [5.74, 6) is -1.35. The van der Waals surface area contributed by atoms with Gasteiger partial charge in [-0.3, -0.25) is 14.5 Å². The summed E-state index contributed by atoms with van der Waals surface area (Å²) >= 11 is 0. The number of nitrogens with zero attached hydrogens (tertiary/aromatic N) is 2. The summed E-state index contributed by atoms with van der Waals surface area (Å²) in [6, 6.07) is 8.49. The highest BCUT2D eigenvalue weighted by atomic mass is 16.5. The maximum Gasteiger partial charge on any atom is 0.324 e. The maximum absolute atomic E-state index is 12.2. The molecular weight excluding hydrogens is 352 g/mol. The smallest absolute Gasteiger partial charge is 0.324 e. The summed E-state index contributed by atoms with van der Waals surface area (Å²) in [6.07, 6.45) is 0.943. The predicted molar refractivity (Wildman–Crippen MR) is 95.8 cm³/mol. The van der Waals surface area contributed by atoms with Crippen LogP contribution in [0.2, 0.25) is 0 Å². The second-order valence-corrected chi connectivity index (χ2v) is 6.44. The van der Waals surface area contributed by atoms with Crippen LogP contribution >= 0.6 is 0 Å². The van der Waals surface area contributed by atoms with Crippen molar-refractivity contribution in [2.75, 3.05) is 38.1 Å². The highest BCUT2D eigenvalue weighted by Crippen LogP contribution is 2.20. The molecule has 3 rings (SSSR count). The highest BCUT2D eigenvalue weighted by Gasteiger charge is 2.31. The zero-order valence-electron chi connectivity index (χ0n) is 14.8. The number of para-hydroxylation sites is 1. The molecule has 2 aliphatic rings. The average Bonchev–Trinajstić information content (AvgIpc) is 3.12. The quantitative estimate of drug-likeness (QED) is 0.765. The Morgan fingerprint density at radius 1 is 1.11 bits per heavy atom. The molecule has 9 nitrogen and oxygen atoms in total. The van der Waals surface area contributed by atoms with E-state index in [-0.39, 0.29) is 18.5 Å². The van der Waals surface area contributed by atoms with E-state index in [2.05, 4.69) is 10.6 Å². The first kappa shape index (κ1) is 18.7. The molecule has 2 fully saturated rings. The molecule has 5 amide bonds. The summed E-state index contributed by atoms with van der Waals surface area (Å²) in [4.78, 5) is 50.4. The molecule has 144 valence electrons. The number of anilines is 1. The van der Waals surface area contributed by atoms with Crippen LogP contribution in [0.15, 0.2) is 30.3 Å².